The fourth-order valence-corrected chi connectivity index (χ4v) is 4.21. The second-order valence-corrected chi connectivity index (χ2v) is 7.41. The van der Waals surface area contributed by atoms with E-state index < -0.39 is 5.83 Å². The molecule has 0 atom stereocenters. The van der Waals surface area contributed by atoms with Crippen molar-refractivity contribution in [2.24, 2.45) is 0 Å². The molecular weight excluding hydrogens is 478 g/mol. The fourth-order valence-electron chi connectivity index (χ4n) is 2.35. The van der Waals surface area contributed by atoms with Gasteiger partial charge >= 0.3 is 0 Å². The number of aromatic amines is 1. The summed E-state index contributed by atoms with van der Waals surface area (Å²) in [5, 5.41) is 14.4. The van der Waals surface area contributed by atoms with E-state index in [1.165, 1.54) is 11.3 Å². The summed E-state index contributed by atoms with van der Waals surface area (Å²) >= 11 is 4.86. The Morgan fingerprint density at radius 1 is 1.37 bits per heavy atom. The van der Waals surface area contributed by atoms with Gasteiger partial charge in [0.15, 0.2) is 0 Å². The quantitative estimate of drug-likeness (QED) is 0.387. The lowest BCUT2D eigenvalue weighted by Gasteiger charge is -2.05. The Bertz CT molecular complexity index is 867. The molecule has 11 heteroatoms. The van der Waals surface area contributed by atoms with E-state index in [9.17, 15) is 4.39 Å². The Kier molecular flexibility index (Phi) is 9.61. The van der Waals surface area contributed by atoms with Gasteiger partial charge in [0.1, 0.15) is 5.83 Å². The molecule has 27 heavy (non-hydrogen) atoms. The van der Waals surface area contributed by atoms with Crippen LogP contribution in [0.25, 0.3) is 17.0 Å². The summed E-state index contributed by atoms with van der Waals surface area (Å²) in [5.74, 6) is 0.297. The molecule has 0 spiro atoms. The number of fused-ring (bicyclic) bond motifs is 1. The Morgan fingerprint density at radius 3 is 2.81 bits per heavy atom. The summed E-state index contributed by atoms with van der Waals surface area (Å²) in [4.78, 5) is 9.15. The highest BCUT2D eigenvalue weighted by Gasteiger charge is 2.14. The van der Waals surface area contributed by atoms with Crippen molar-refractivity contribution in [2.45, 2.75) is 19.9 Å². The second-order valence-electron chi connectivity index (χ2n) is 5.51. The Morgan fingerprint density at radius 2 is 2.15 bits per heavy atom. The Labute approximate surface area is 181 Å². The lowest BCUT2D eigenvalue weighted by molar-refractivity contribution is 0.666. The van der Waals surface area contributed by atoms with Crippen molar-refractivity contribution in [2.75, 3.05) is 18.4 Å². The van der Waals surface area contributed by atoms with E-state index in [0.29, 0.717) is 23.0 Å². The summed E-state index contributed by atoms with van der Waals surface area (Å²) in [7, 11) is 0. The molecule has 3 aromatic heterocycles. The number of aromatic nitrogens is 4. The van der Waals surface area contributed by atoms with E-state index >= 15 is 0 Å². The van der Waals surface area contributed by atoms with Crippen LogP contribution in [0.5, 0.6) is 0 Å². The SMILES string of the molecule is C=C(F)c1sc(CNCCCNc2nc3nnccc3[nH]2)c(C)c1Br.Cl.Cl. The van der Waals surface area contributed by atoms with Gasteiger partial charge in [-0.3, -0.25) is 0 Å². The minimum atomic E-state index is -0.397. The molecule has 0 aliphatic rings. The average molecular weight is 498 g/mol. The lowest BCUT2D eigenvalue weighted by atomic mass is 10.2. The number of rotatable bonds is 8. The van der Waals surface area contributed by atoms with Gasteiger partial charge in [0.2, 0.25) is 11.6 Å². The van der Waals surface area contributed by atoms with Gasteiger partial charge in [0, 0.05) is 22.4 Å². The summed E-state index contributed by atoms with van der Waals surface area (Å²) in [6.45, 7) is 7.69. The molecule has 0 saturated carbocycles. The normalized spacial score (nSPS) is 10.3. The van der Waals surface area contributed by atoms with Crippen molar-refractivity contribution in [3.8, 4) is 0 Å². The number of nitrogens with one attached hydrogen (secondary N) is 3. The molecule has 3 aromatic rings. The van der Waals surface area contributed by atoms with Gasteiger partial charge in [-0.2, -0.15) is 10.1 Å². The van der Waals surface area contributed by atoms with Crippen LogP contribution >= 0.6 is 52.1 Å². The predicted molar refractivity (Wildman–Crippen MR) is 118 cm³/mol. The maximum Gasteiger partial charge on any atom is 0.202 e. The zero-order valence-electron chi connectivity index (χ0n) is 14.5. The van der Waals surface area contributed by atoms with E-state index in [-0.39, 0.29) is 24.8 Å². The summed E-state index contributed by atoms with van der Waals surface area (Å²) in [5.41, 5.74) is 2.53. The number of halogens is 4. The molecule has 0 saturated heterocycles. The molecule has 0 bridgehead atoms. The van der Waals surface area contributed by atoms with E-state index in [1.807, 2.05) is 13.0 Å². The van der Waals surface area contributed by atoms with Crippen LogP contribution in [0.2, 0.25) is 0 Å². The van der Waals surface area contributed by atoms with Crippen LogP contribution in [0.15, 0.2) is 23.3 Å². The Hall–Kier alpha value is -1.26. The molecule has 0 aliphatic carbocycles. The molecular formula is C16H20BrCl2FN6S. The first-order valence-corrected chi connectivity index (χ1v) is 9.41. The third kappa shape index (κ3) is 5.86. The number of hydrogen-bond acceptors (Lipinski definition) is 6. The van der Waals surface area contributed by atoms with Crippen LogP contribution in [0, 0.1) is 6.92 Å². The number of H-pyrrole nitrogens is 1. The van der Waals surface area contributed by atoms with Gasteiger partial charge in [-0.05, 0) is 47.4 Å². The van der Waals surface area contributed by atoms with Gasteiger partial charge in [-0.25, -0.2) is 4.39 Å². The maximum absolute atomic E-state index is 13.4. The molecule has 3 N–H and O–H groups in total. The van der Waals surface area contributed by atoms with Gasteiger partial charge in [0.25, 0.3) is 0 Å². The van der Waals surface area contributed by atoms with Crippen LogP contribution < -0.4 is 10.6 Å². The predicted octanol–water partition coefficient (Wildman–Crippen LogP) is 4.86. The molecule has 0 radical (unpaired) electrons. The van der Waals surface area contributed by atoms with Crippen LogP contribution in [-0.4, -0.2) is 33.3 Å². The average Bonchev–Trinajstić information content (AvgIpc) is 3.13. The van der Waals surface area contributed by atoms with Crippen molar-refractivity contribution >= 4 is 75.0 Å². The standard InChI is InChI=1S/C16H18BrFN6S.2ClH/c1-9-12(25-14(10(2)18)13(9)17)8-19-5-3-6-20-16-22-11-4-7-21-24-15(11)23-16;;/h4,7,19H,2-3,5-6,8H2,1H3,(H2,20,22,23,24);2*1H. The number of hydrogen-bond donors (Lipinski definition) is 3. The molecule has 3 heterocycles. The van der Waals surface area contributed by atoms with Crippen LogP contribution in [0.3, 0.4) is 0 Å². The smallest absolute Gasteiger partial charge is 0.202 e. The van der Waals surface area contributed by atoms with E-state index in [2.05, 4.69) is 53.3 Å². The van der Waals surface area contributed by atoms with E-state index in [1.54, 1.807) is 6.20 Å². The minimum Gasteiger partial charge on any atom is -0.356 e. The highest BCUT2D eigenvalue weighted by molar-refractivity contribution is 9.10. The molecule has 3 rings (SSSR count). The minimum absolute atomic E-state index is 0. The van der Waals surface area contributed by atoms with Gasteiger partial charge in [-0.1, -0.05) is 6.58 Å². The van der Waals surface area contributed by atoms with Crippen molar-refractivity contribution < 1.29 is 4.39 Å². The highest BCUT2D eigenvalue weighted by Crippen LogP contribution is 2.37. The third-order valence-electron chi connectivity index (χ3n) is 3.70. The molecule has 0 amide bonds. The van der Waals surface area contributed by atoms with Gasteiger partial charge in [0.05, 0.1) is 16.6 Å². The number of nitrogens with zero attached hydrogens (tertiary/aromatic N) is 3. The molecule has 0 fully saturated rings. The van der Waals surface area contributed by atoms with E-state index in [4.69, 9.17) is 0 Å². The Balaban J connectivity index is 0.00000182. The number of imidazole rings is 1. The summed E-state index contributed by atoms with van der Waals surface area (Å²) in [6.07, 6.45) is 2.56. The fraction of sp³-hybridized carbons (Fsp3) is 0.312. The molecule has 6 nitrogen and oxygen atoms in total. The van der Waals surface area contributed by atoms with Crippen LogP contribution in [0.1, 0.15) is 21.7 Å². The van der Waals surface area contributed by atoms with Gasteiger partial charge in [-0.15, -0.1) is 41.2 Å². The second kappa shape index (κ2) is 10.9. The zero-order chi connectivity index (χ0) is 17.8. The monoisotopic (exact) mass is 496 g/mol. The van der Waals surface area contributed by atoms with Crippen molar-refractivity contribution in [1.82, 2.24) is 25.5 Å². The largest absolute Gasteiger partial charge is 0.356 e. The third-order valence-corrected chi connectivity index (χ3v) is 6.28. The van der Waals surface area contributed by atoms with Gasteiger partial charge < -0.3 is 15.6 Å². The number of thiophene rings is 1. The molecule has 0 aromatic carbocycles. The number of anilines is 1. The zero-order valence-corrected chi connectivity index (χ0v) is 18.5. The van der Waals surface area contributed by atoms with Crippen LogP contribution in [0.4, 0.5) is 10.3 Å². The first-order valence-electron chi connectivity index (χ1n) is 7.81. The topological polar surface area (TPSA) is 78.5 Å². The molecule has 148 valence electrons. The first kappa shape index (κ1) is 23.8. The lowest BCUT2D eigenvalue weighted by Crippen LogP contribution is -2.17. The summed E-state index contributed by atoms with van der Waals surface area (Å²) in [6, 6.07) is 1.84. The van der Waals surface area contributed by atoms with Crippen molar-refractivity contribution in [1.29, 1.82) is 0 Å². The van der Waals surface area contributed by atoms with Crippen LogP contribution in [-0.2, 0) is 6.54 Å². The van der Waals surface area contributed by atoms with E-state index in [0.717, 1.165) is 39.9 Å². The summed E-state index contributed by atoms with van der Waals surface area (Å²) < 4.78 is 14.2. The maximum atomic E-state index is 13.4. The highest BCUT2D eigenvalue weighted by atomic mass is 79.9. The molecule has 0 unspecified atom stereocenters. The van der Waals surface area contributed by atoms with Crippen molar-refractivity contribution in [3.63, 3.8) is 0 Å². The molecule has 0 aliphatic heterocycles. The first-order chi connectivity index (χ1) is 12.1. The van der Waals surface area contributed by atoms with Crippen molar-refractivity contribution in [3.05, 3.63) is 38.6 Å².